The lowest BCUT2D eigenvalue weighted by molar-refractivity contribution is 0.346. The summed E-state index contributed by atoms with van der Waals surface area (Å²) in [6.45, 7) is 4.77. The zero-order valence-corrected chi connectivity index (χ0v) is 34.6. The van der Waals surface area contributed by atoms with Gasteiger partial charge in [0.25, 0.3) is 0 Å². The highest BCUT2D eigenvalue weighted by Gasteiger charge is 2.38. The third-order valence-corrected chi connectivity index (χ3v) is 14.7. The van der Waals surface area contributed by atoms with Gasteiger partial charge in [0.05, 0.1) is 0 Å². The molecule has 0 bridgehead atoms. The topological polar surface area (TPSA) is 3.24 Å². The normalized spacial score (nSPS) is 15.2. The fourth-order valence-electron chi connectivity index (χ4n) is 10.6. The number of thiophene rings is 1. The summed E-state index contributed by atoms with van der Waals surface area (Å²) in [7, 11) is 0. The average molecular weight is 778 g/mol. The minimum absolute atomic E-state index is 0.0476. The first kappa shape index (κ1) is 35.9. The number of nitrogens with zero attached hydrogens (tertiary/aromatic N) is 1. The summed E-state index contributed by atoms with van der Waals surface area (Å²) < 4.78 is 2.62. The van der Waals surface area contributed by atoms with E-state index in [2.05, 4.69) is 207 Å². The highest BCUT2D eigenvalue weighted by atomic mass is 32.1. The van der Waals surface area contributed by atoms with Crippen molar-refractivity contribution in [2.45, 2.75) is 56.8 Å². The first-order valence-electron chi connectivity index (χ1n) is 21.3. The van der Waals surface area contributed by atoms with Gasteiger partial charge in [-0.1, -0.05) is 179 Å². The Morgan fingerprint density at radius 2 is 1.03 bits per heavy atom. The Hall–Kier alpha value is -6.22. The van der Waals surface area contributed by atoms with Crippen molar-refractivity contribution in [1.29, 1.82) is 0 Å². The summed E-state index contributed by atoms with van der Waals surface area (Å²) in [6, 6.07) is 70.6. The van der Waals surface area contributed by atoms with Crippen LogP contribution in [0, 0.1) is 0 Å². The van der Waals surface area contributed by atoms with E-state index in [9.17, 15) is 0 Å². The van der Waals surface area contributed by atoms with Crippen molar-refractivity contribution in [3.8, 4) is 33.4 Å². The van der Waals surface area contributed by atoms with E-state index in [0.717, 1.165) is 0 Å². The summed E-state index contributed by atoms with van der Waals surface area (Å²) in [4.78, 5) is 2.50. The maximum absolute atomic E-state index is 2.50. The van der Waals surface area contributed by atoms with Gasteiger partial charge in [-0.05, 0) is 111 Å². The van der Waals surface area contributed by atoms with Gasteiger partial charge in [-0.15, -0.1) is 11.3 Å². The van der Waals surface area contributed by atoms with E-state index < -0.39 is 0 Å². The van der Waals surface area contributed by atoms with Crippen LogP contribution in [0.15, 0.2) is 188 Å². The third kappa shape index (κ3) is 5.88. The molecule has 8 aromatic carbocycles. The number of anilines is 3. The van der Waals surface area contributed by atoms with Crippen molar-refractivity contribution in [2.24, 2.45) is 0 Å². The molecule has 1 saturated carbocycles. The highest BCUT2D eigenvalue weighted by Crippen LogP contribution is 2.54. The molecule has 0 amide bonds. The van der Waals surface area contributed by atoms with Crippen LogP contribution in [0.2, 0.25) is 0 Å². The standard InChI is InChI=1S/C57H47NS/c1-56(2)50-34-32-44(37-49(50)54-46(23-15-25-51(54)56)39-17-7-3-8-18-39)58(43-29-27-42(28-30-43)57(35-13-6-14-36-57)41-21-11-5-12-22-41)45-31-33-48-53(38-45)59-52-26-16-24-47(55(48)52)40-19-9-4-10-20-40/h3-5,7-12,15-34,37-38H,6,13-14,35-36H2,1-2H3. The second-order valence-electron chi connectivity index (χ2n) is 17.2. The minimum atomic E-state index is -0.112. The first-order valence-corrected chi connectivity index (χ1v) is 22.1. The van der Waals surface area contributed by atoms with Crippen LogP contribution in [-0.4, -0.2) is 0 Å². The SMILES string of the molecule is CC1(C)c2ccc(N(c3ccc(C4(c5ccccc5)CCCCC4)cc3)c3ccc4c(c3)sc3cccc(-c5ccccc5)c34)cc2-c2c(-c3ccccc3)cccc21. The van der Waals surface area contributed by atoms with Crippen LogP contribution in [0.4, 0.5) is 17.1 Å². The summed E-state index contributed by atoms with van der Waals surface area (Å²) in [6.07, 6.45) is 6.23. The molecule has 1 aromatic heterocycles. The molecule has 0 radical (unpaired) electrons. The van der Waals surface area contributed by atoms with Gasteiger partial charge in [-0.3, -0.25) is 0 Å². The van der Waals surface area contributed by atoms with E-state index in [1.165, 1.54) is 125 Å². The molecule has 59 heavy (non-hydrogen) atoms. The van der Waals surface area contributed by atoms with Crippen LogP contribution in [0.1, 0.15) is 68.2 Å². The van der Waals surface area contributed by atoms with Gasteiger partial charge in [0.15, 0.2) is 0 Å². The Bertz CT molecular complexity index is 2970. The van der Waals surface area contributed by atoms with Crippen LogP contribution < -0.4 is 4.90 Å². The fraction of sp³-hybridized carbons (Fsp3) is 0.158. The zero-order chi connectivity index (χ0) is 39.6. The molecule has 286 valence electrons. The molecular formula is C57H47NS. The predicted molar refractivity (Wildman–Crippen MR) is 253 cm³/mol. The Kier molecular flexibility index (Phi) is 8.68. The maximum Gasteiger partial charge on any atom is 0.0476 e. The molecule has 11 rings (SSSR count). The number of hydrogen-bond acceptors (Lipinski definition) is 2. The Labute approximate surface area is 352 Å². The van der Waals surface area contributed by atoms with Gasteiger partial charge in [0.1, 0.15) is 0 Å². The lowest BCUT2D eigenvalue weighted by atomic mass is 9.65. The summed E-state index contributed by atoms with van der Waals surface area (Å²) in [5.74, 6) is 0. The van der Waals surface area contributed by atoms with Gasteiger partial charge in [-0.25, -0.2) is 0 Å². The van der Waals surface area contributed by atoms with Gasteiger partial charge < -0.3 is 4.90 Å². The smallest absolute Gasteiger partial charge is 0.0476 e. The molecule has 2 aliphatic carbocycles. The van der Waals surface area contributed by atoms with E-state index in [1.54, 1.807) is 0 Å². The number of benzene rings is 8. The summed E-state index contributed by atoms with van der Waals surface area (Å²) in [5.41, 5.74) is 16.9. The van der Waals surface area contributed by atoms with Gasteiger partial charge >= 0.3 is 0 Å². The average Bonchev–Trinajstić information content (AvgIpc) is 3.79. The van der Waals surface area contributed by atoms with Gasteiger partial charge in [-0.2, -0.15) is 0 Å². The van der Waals surface area contributed by atoms with Crippen LogP contribution >= 0.6 is 11.3 Å². The van der Waals surface area contributed by atoms with Crippen molar-refractivity contribution < 1.29 is 0 Å². The van der Waals surface area contributed by atoms with E-state index in [4.69, 9.17) is 0 Å². The number of rotatable bonds is 7. The Balaban J connectivity index is 1.09. The van der Waals surface area contributed by atoms with Crippen LogP contribution in [0.5, 0.6) is 0 Å². The molecule has 1 fully saturated rings. The lowest BCUT2D eigenvalue weighted by Gasteiger charge is -2.39. The molecule has 0 saturated heterocycles. The third-order valence-electron chi connectivity index (χ3n) is 13.6. The molecule has 1 heterocycles. The van der Waals surface area contributed by atoms with Gasteiger partial charge in [0.2, 0.25) is 0 Å². The summed E-state index contributed by atoms with van der Waals surface area (Å²) in [5, 5.41) is 2.65. The molecule has 1 nitrogen and oxygen atoms in total. The Morgan fingerprint density at radius 1 is 0.441 bits per heavy atom. The maximum atomic E-state index is 2.50. The van der Waals surface area contributed by atoms with E-state index in [-0.39, 0.29) is 10.8 Å². The molecule has 9 aromatic rings. The molecule has 0 unspecified atom stereocenters. The van der Waals surface area contributed by atoms with E-state index in [1.807, 2.05) is 11.3 Å². The quantitative estimate of drug-likeness (QED) is 0.156. The largest absolute Gasteiger partial charge is 0.310 e. The first-order chi connectivity index (χ1) is 29.0. The van der Waals surface area contributed by atoms with Crippen LogP contribution in [0.3, 0.4) is 0 Å². The molecule has 0 aliphatic heterocycles. The second kappa shape index (κ2) is 14.3. The number of fused-ring (bicyclic) bond motifs is 6. The molecule has 2 heteroatoms. The minimum Gasteiger partial charge on any atom is -0.310 e. The van der Waals surface area contributed by atoms with Crippen LogP contribution in [0.25, 0.3) is 53.6 Å². The van der Waals surface area contributed by atoms with Gasteiger partial charge in [0, 0.05) is 48.1 Å². The number of hydrogen-bond donors (Lipinski definition) is 0. The highest BCUT2D eigenvalue weighted by molar-refractivity contribution is 7.26. The molecule has 0 N–H and O–H groups in total. The van der Waals surface area contributed by atoms with Crippen molar-refractivity contribution in [1.82, 2.24) is 0 Å². The zero-order valence-electron chi connectivity index (χ0n) is 33.8. The Morgan fingerprint density at radius 3 is 1.76 bits per heavy atom. The molecule has 0 spiro atoms. The molecule has 2 aliphatic rings. The predicted octanol–water partition coefficient (Wildman–Crippen LogP) is 16.4. The molecular weight excluding hydrogens is 731 g/mol. The van der Waals surface area contributed by atoms with Crippen molar-refractivity contribution in [3.63, 3.8) is 0 Å². The van der Waals surface area contributed by atoms with Crippen molar-refractivity contribution in [2.75, 3.05) is 4.90 Å². The fourth-order valence-corrected chi connectivity index (χ4v) is 11.8. The summed E-state index contributed by atoms with van der Waals surface area (Å²) >= 11 is 1.89. The lowest BCUT2D eigenvalue weighted by Crippen LogP contribution is -2.30. The van der Waals surface area contributed by atoms with Crippen molar-refractivity contribution >= 4 is 48.6 Å². The van der Waals surface area contributed by atoms with Crippen LogP contribution in [-0.2, 0) is 10.8 Å². The second-order valence-corrected chi connectivity index (χ2v) is 18.3. The monoisotopic (exact) mass is 777 g/mol. The van der Waals surface area contributed by atoms with E-state index in [0.29, 0.717) is 0 Å². The molecule has 0 atom stereocenters. The van der Waals surface area contributed by atoms with E-state index >= 15 is 0 Å². The van der Waals surface area contributed by atoms with Crippen molar-refractivity contribution in [3.05, 3.63) is 210 Å².